The number of alkyl halides is 1. The van der Waals surface area contributed by atoms with Crippen molar-refractivity contribution in [2.75, 3.05) is 0 Å². The maximum Gasteiger partial charge on any atom is 1.00 e. The van der Waals surface area contributed by atoms with Crippen molar-refractivity contribution in [2.24, 2.45) is 0 Å². The molecule has 0 saturated heterocycles. The molecule has 2 rings (SSSR count). The maximum absolute atomic E-state index is 10.1. The zero-order valence-electron chi connectivity index (χ0n) is 11.3. The number of aromatic nitrogens is 2. The average molecular weight is 364 g/mol. The zero-order valence-corrected chi connectivity index (χ0v) is 16.5. The molecule has 0 atom stereocenters. The first kappa shape index (κ1) is 22.7. The summed E-state index contributed by atoms with van der Waals surface area (Å²) >= 11 is 8.58. The Hall–Kier alpha value is 0.460. The van der Waals surface area contributed by atoms with Gasteiger partial charge in [-0.05, 0) is 19.6 Å². The fourth-order valence-electron chi connectivity index (χ4n) is 1.06. The van der Waals surface area contributed by atoms with Crippen LogP contribution >= 0.6 is 34.3 Å². The van der Waals surface area contributed by atoms with E-state index in [-0.39, 0.29) is 40.8 Å². The summed E-state index contributed by atoms with van der Waals surface area (Å²) in [5, 5.41) is 5.72. The molecule has 2 aromatic heterocycles. The quantitative estimate of drug-likeness (QED) is 0.444. The molecule has 1 N–H and O–H groups in total. The molecule has 0 aliphatic carbocycles. The van der Waals surface area contributed by atoms with Gasteiger partial charge in [0.2, 0.25) is 0 Å². The molecule has 0 bridgehead atoms. The second-order valence-electron chi connectivity index (χ2n) is 3.30. The Morgan fingerprint density at radius 3 is 1.80 bits per heavy atom. The van der Waals surface area contributed by atoms with Gasteiger partial charge in [0, 0.05) is 16.5 Å². The van der Waals surface area contributed by atoms with Crippen LogP contribution in [-0.2, 0) is 30.8 Å². The predicted molar refractivity (Wildman–Crippen MR) is 77.6 cm³/mol. The Morgan fingerprint density at radius 1 is 1.10 bits per heavy atom. The molecule has 0 spiro atoms. The van der Waals surface area contributed by atoms with Crippen LogP contribution in [-0.4, -0.2) is 15.4 Å². The summed E-state index contributed by atoms with van der Waals surface area (Å²) in [5.74, 6) is 0.564. The van der Waals surface area contributed by atoms with Crippen molar-refractivity contribution in [2.45, 2.75) is 25.5 Å². The third-order valence-electron chi connectivity index (χ3n) is 1.74. The van der Waals surface area contributed by atoms with Gasteiger partial charge in [-0.2, -0.15) is 0 Å². The normalized spacial score (nSPS) is 9.20. The van der Waals surface area contributed by atoms with Crippen molar-refractivity contribution in [3.8, 4) is 0 Å². The summed E-state index contributed by atoms with van der Waals surface area (Å²) in [6.45, 7) is 3.82. The Balaban J connectivity index is 0. The van der Waals surface area contributed by atoms with E-state index in [1.54, 1.807) is 16.7 Å². The van der Waals surface area contributed by atoms with Gasteiger partial charge >= 0.3 is 29.6 Å². The number of hydrogen-bond acceptors (Lipinski definition) is 8. The molecule has 0 radical (unpaired) electrons. The first-order valence-electron chi connectivity index (χ1n) is 4.95. The van der Waals surface area contributed by atoms with Gasteiger partial charge < -0.3 is 13.9 Å². The van der Waals surface area contributed by atoms with E-state index in [0.29, 0.717) is 11.6 Å². The molecule has 0 fully saturated rings. The van der Waals surface area contributed by atoms with E-state index in [4.69, 9.17) is 11.6 Å². The largest absolute Gasteiger partial charge is 1.00 e. The number of thiazole rings is 2. The van der Waals surface area contributed by atoms with Gasteiger partial charge in [-0.1, -0.05) is 10.7 Å². The van der Waals surface area contributed by atoms with E-state index in [1.807, 2.05) is 19.2 Å². The van der Waals surface area contributed by atoms with Gasteiger partial charge in [0.1, 0.15) is 0 Å². The first-order valence-corrected chi connectivity index (χ1v) is 8.49. The van der Waals surface area contributed by atoms with Gasteiger partial charge in [0.15, 0.2) is 0 Å². The van der Waals surface area contributed by atoms with E-state index >= 15 is 0 Å². The summed E-state index contributed by atoms with van der Waals surface area (Å²) in [7, 11) is -2.01. The van der Waals surface area contributed by atoms with E-state index < -0.39 is 10.7 Å². The van der Waals surface area contributed by atoms with Crippen LogP contribution in [0.25, 0.3) is 0 Å². The standard InChI is InChI=1S/C5H6ClNS.C5H6NO2S2.Na.H2O/c1-4-7-5(2-6)3-8-4;1-4-6-5(2-9-4)3-10(7)8;;/h3H,2H2,1H3;2H,3H2,1H3;;1H2/q;-1;+1;/p-1. The zero-order chi connectivity index (χ0) is 13.5. The van der Waals surface area contributed by atoms with Crippen molar-refractivity contribution in [3.05, 3.63) is 32.2 Å². The van der Waals surface area contributed by atoms with Crippen LogP contribution in [0.2, 0.25) is 0 Å². The van der Waals surface area contributed by atoms with Crippen molar-refractivity contribution in [1.29, 1.82) is 0 Å². The molecule has 0 saturated carbocycles. The number of halogens is 1. The summed E-state index contributed by atoms with van der Waals surface area (Å²) in [4.78, 5) is 8.09. The Bertz CT molecular complexity index is 564. The minimum absolute atomic E-state index is 0. The van der Waals surface area contributed by atoms with Gasteiger partial charge in [-0.25, -0.2) is 9.97 Å². The van der Waals surface area contributed by atoms with E-state index in [0.717, 1.165) is 15.7 Å². The fraction of sp³-hybridized carbons (Fsp3) is 0.400. The minimum Gasteiger partial charge on any atom is -0.870 e. The molecular weight excluding hydrogens is 351 g/mol. The molecule has 5 nitrogen and oxygen atoms in total. The number of aryl methyl sites for hydroxylation is 2. The minimum atomic E-state index is -2.01. The van der Waals surface area contributed by atoms with Crippen LogP contribution in [0.3, 0.4) is 0 Å². The summed E-state index contributed by atoms with van der Waals surface area (Å²) in [5.41, 5.74) is 1.62. The Morgan fingerprint density at radius 2 is 1.55 bits per heavy atom. The van der Waals surface area contributed by atoms with Crippen LogP contribution in [0.4, 0.5) is 0 Å². The fourth-order valence-corrected chi connectivity index (χ4v) is 3.01. The van der Waals surface area contributed by atoms with Crippen LogP contribution < -0.4 is 29.6 Å². The van der Waals surface area contributed by atoms with Crippen LogP contribution in [0.5, 0.6) is 0 Å². The molecule has 2 aromatic rings. The molecule has 2 heterocycles. The Labute approximate surface area is 155 Å². The molecule has 0 aliphatic rings. The van der Waals surface area contributed by atoms with E-state index in [9.17, 15) is 8.42 Å². The van der Waals surface area contributed by atoms with Crippen molar-refractivity contribution >= 4 is 45.0 Å². The van der Waals surface area contributed by atoms with Gasteiger partial charge in [0.25, 0.3) is 0 Å². The maximum atomic E-state index is 10.1. The third-order valence-corrected chi connectivity index (χ3v) is 4.19. The molecule has 20 heavy (non-hydrogen) atoms. The van der Waals surface area contributed by atoms with Crippen molar-refractivity contribution < 1.29 is 43.5 Å². The molecule has 108 valence electrons. The second-order valence-corrected chi connectivity index (χ2v) is 6.59. The predicted octanol–water partition coefficient (Wildman–Crippen LogP) is 0.278. The van der Waals surface area contributed by atoms with E-state index in [2.05, 4.69) is 9.97 Å². The van der Waals surface area contributed by atoms with Crippen LogP contribution in [0, 0.1) is 13.8 Å². The molecule has 0 amide bonds. The van der Waals surface area contributed by atoms with Crippen LogP contribution in [0.15, 0.2) is 10.8 Å². The first-order chi connectivity index (χ1) is 8.51. The summed E-state index contributed by atoms with van der Waals surface area (Å²) in [6, 6.07) is 0. The van der Waals surface area contributed by atoms with Crippen molar-refractivity contribution in [3.63, 3.8) is 0 Å². The topological polar surface area (TPSA) is 89.9 Å². The number of hydrogen-bond donors (Lipinski definition) is 0. The monoisotopic (exact) mass is 363 g/mol. The summed E-state index contributed by atoms with van der Waals surface area (Å²) in [6.07, 6.45) is 0. The molecule has 0 aromatic carbocycles. The third kappa shape index (κ3) is 9.41. The van der Waals surface area contributed by atoms with Gasteiger partial charge in [-0.3, -0.25) is 0 Å². The Kier molecular flexibility index (Phi) is 13.7. The van der Waals surface area contributed by atoms with Gasteiger partial charge in [-0.15, -0.1) is 34.3 Å². The molecule has 0 unspecified atom stereocenters. The SMILES string of the molecule is Cc1nc(CCl)cs1.Cc1nc(C[S-](=O)=O)cs1.[Na+].[OH-]. The summed E-state index contributed by atoms with van der Waals surface area (Å²) < 4.78 is 20.3. The second kappa shape index (κ2) is 12.0. The number of rotatable bonds is 3. The number of nitrogens with zero attached hydrogens (tertiary/aromatic N) is 2. The smallest absolute Gasteiger partial charge is 0.870 e. The van der Waals surface area contributed by atoms with Crippen molar-refractivity contribution in [1.82, 2.24) is 9.97 Å². The average Bonchev–Trinajstić information content (AvgIpc) is 2.88. The van der Waals surface area contributed by atoms with E-state index in [1.165, 1.54) is 11.3 Å². The van der Waals surface area contributed by atoms with Gasteiger partial charge in [0.05, 0.1) is 21.6 Å². The molecular formula is C10H13ClN2NaO3S3-. The molecule has 0 aliphatic heterocycles. The van der Waals surface area contributed by atoms with Crippen LogP contribution in [0.1, 0.15) is 21.4 Å². The molecule has 10 heteroatoms.